The summed E-state index contributed by atoms with van der Waals surface area (Å²) in [7, 11) is 0. The van der Waals surface area contributed by atoms with Crippen molar-refractivity contribution in [2.24, 2.45) is 0 Å². The Kier molecular flexibility index (Phi) is 7.48. The van der Waals surface area contributed by atoms with Crippen LogP contribution in [0.3, 0.4) is 0 Å². The van der Waals surface area contributed by atoms with E-state index in [1.165, 1.54) is 0 Å². The molecule has 1 atom stereocenters. The molecule has 0 bridgehead atoms. The lowest BCUT2D eigenvalue weighted by molar-refractivity contribution is -0.144. The molecular formula is C15H29NO4. The predicted octanol–water partition coefficient (Wildman–Crippen LogP) is 2.19. The Labute approximate surface area is 122 Å². The fourth-order valence-electron chi connectivity index (χ4n) is 2.55. The van der Waals surface area contributed by atoms with Crippen LogP contribution in [0.25, 0.3) is 0 Å². The number of aliphatic carboxylic acids is 1. The van der Waals surface area contributed by atoms with Crippen LogP contribution in [-0.2, 0) is 14.3 Å². The van der Waals surface area contributed by atoms with E-state index in [1.807, 2.05) is 13.8 Å². The summed E-state index contributed by atoms with van der Waals surface area (Å²) in [5.74, 6) is -0.781. The second-order valence-corrected chi connectivity index (χ2v) is 6.08. The summed E-state index contributed by atoms with van der Waals surface area (Å²) in [5.41, 5.74) is -0.840. The van der Waals surface area contributed by atoms with Gasteiger partial charge >= 0.3 is 5.97 Å². The van der Waals surface area contributed by atoms with E-state index >= 15 is 0 Å². The highest BCUT2D eigenvalue weighted by Gasteiger charge is 2.32. The zero-order valence-electron chi connectivity index (χ0n) is 13.0. The number of carbonyl (C=O) groups is 1. The molecule has 5 nitrogen and oxygen atoms in total. The van der Waals surface area contributed by atoms with E-state index < -0.39 is 11.5 Å². The minimum absolute atomic E-state index is 0.162. The second kappa shape index (κ2) is 8.60. The number of carboxylic acid groups (broad SMARTS) is 1. The van der Waals surface area contributed by atoms with Gasteiger partial charge in [0.05, 0.1) is 6.10 Å². The van der Waals surface area contributed by atoms with Crippen molar-refractivity contribution >= 4 is 5.97 Å². The van der Waals surface area contributed by atoms with Crippen LogP contribution in [0.1, 0.15) is 52.9 Å². The van der Waals surface area contributed by atoms with Gasteiger partial charge in [-0.3, -0.25) is 10.1 Å². The van der Waals surface area contributed by atoms with E-state index in [0.717, 1.165) is 38.9 Å². The summed E-state index contributed by atoms with van der Waals surface area (Å²) in [4.78, 5) is 11.4. The number of ether oxygens (including phenoxy) is 2. The molecule has 0 aromatic rings. The minimum atomic E-state index is -0.840. The van der Waals surface area contributed by atoms with Crippen molar-refractivity contribution in [1.29, 1.82) is 0 Å². The lowest BCUT2D eigenvalue weighted by Crippen LogP contribution is -2.52. The smallest absolute Gasteiger partial charge is 0.323 e. The quantitative estimate of drug-likeness (QED) is 0.636. The second-order valence-electron chi connectivity index (χ2n) is 6.08. The van der Waals surface area contributed by atoms with Crippen molar-refractivity contribution in [2.75, 3.05) is 19.8 Å². The molecule has 2 N–H and O–H groups in total. The van der Waals surface area contributed by atoms with Crippen molar-refractivity contribution in [3.8, 4) is 0 Å². The molecule has 0 aliphatic carbocycles. The van der Waals surface area contributed by atoms with Crippen LogP contribution < -0.4 is 5.32 Å². The van der Waals surface area contributed by atoms with Crippen LogP contribution in [0.5, 0.6) is 0 Å². The van der Waals surface area contributed by atoms with Gasteiger partial charge in [0.25, 0.3) is 0 Å². The maximum Gasteiger partial charge on any atom is 0.323 e. The number of unbranched alkanes of at least 4 members (excludes halogenated alkanes) is 1. The van der Waals surface area contributed by atoms with Crippen molar-refractivity contribution in [3.63, 3.8) is 0 Å². The van der Waals surface area contributed by atoms with E-state index in [4.69, 9.17) is 9.47 Å². The van der Waals surface area contributed by atoms with Gasteiger partial charge in [-0.15, -0.1) is 0 Å². The van der Waals surface area contributed by atoms with E-state index in [-0.39, 0.29) is 6.04 Å². The molecule has 0 aromatic heterocycles. The van der Waals surface area contributed by atoms with E-state index in [2.05, 4.69) is 5.32 Å². The molecule has 1 heterocycles. The van der Waals surface area contributed by atoms with Gasteiger partial charge in [0.15, 0.2) is 0 Å². The summed E-state index contributed by atoms with van der Waals surface area (Å²) in [6.07, 6.45) is 4.65. The Balaban J connectivity index is 2.18. The highest BCUT2D eigenvalue weighted by atomic mass is 16.5. The lowest BCUT2D eigenvalue weighted by Gasteiger charge is -2.29. The monoisotopic (exact) mass is 287 g/mol. The zero-order chi connectivity index (χ0) is 15.0. The maximum atomic E-state index is 11.4. The molecule has 0 spiro atoms. The summed E-state index contributed by atoms with van der Waals surface area (Å²) >= 11 is 0. The van der Waals surface area contributed by atoms with Gasteiger partial charge in [0.1, 0.15) is 5.54 Å². The van der Waals surface area contributed by atoms with Gasteiger partial charge < -0.3 is 14.6 Å². The van der Waals surface area contributed by atoms with Crippen molar-refractivity contribution in [3.05, 3.63) is 0 Å². The first-order chi connectivity index (χ1) is 9.44. The van der Waals surface area contributed by atoms with Gasteiger partial charge in [-0.25, -0.2) is 0 Å². The molecule has 0 aromatic carbocycles. The summed E-state index contributed by atoms with van der Waals surface area (Å²) in [6, 6.07) is 0.162. The molecule has 1 unspecified atom stereocenters. The standard InChI is InChI=1S/C15H29NO4/c1-12(2)16-15(3,14(17)18)8-4-5-9-20-13-6-10-19-11-7-13/h12-13,16H,4-11H2,1-3H3,(H,17,18). The first kappa shape index (κ1) is 17.4. The molecule has 1 aliphatic rings. The van der Waals surface area contributed by atoms with Gasteiger partial charge in [0.2, 0.25) is 0 Å². The molecule has 0 amide bonds. The van der Waals surface area contributed by atoms with Crippen LogP contribution in [0.15, 0.2) is 0 Å². The van der Waals surface area contributed by atoms with E-state index in [1.54, 1.807) is 6.92 Å². The van der Waals surface area contributed by atoms with Crippen LogP contribution in [0.2, 0.25) is 0 Å². The third-order valence-corrected chi connectivity index (χ3v) is 3.67. The Morgan fingerprint density at radius 2 is 2.05 bits per heavy atom. The SMILES string of the molecule is CC(C)NC(C)(CCCCOC1CCOCC1)C(=O)O. The Morgan fingerprint density at radius 3 is 2.60 bits per heavy atom. The van der Waals surface area contributed by atoms with Crippen molar-refractivity contribution < 1.29 is 19.4 Å². The number of nitrogens with one attached hydrogen (secondary N) is 1. The van der Waals surface area contributed by atoms with Gasteiger partial charge in [-0.2, -0.15) is 0 Å². The van der Waals surface area contributed by atoms with Crippen LogP contribution in [0.4, 0.5) is 0 Å². The fourth-order valence-corrected chi connectivity index (χ4v) is 2.55. The number of hydrogen-bond acceptors (Lipinski definition) is 4. The molecule has 0 saturated carbocycles. The summed E-state index contributed by atoms with van der Waals surface area (Å²) in [5, 5.41) is 12.5. The average Bonchev–Trinajstić information content (AvgIpc) is 2.38. The van der Waals surface area contributed by atoms with Crippen LogP contribution in [-0.4, -0.2) is 48.6 Å². The van der Waals surface area contributed by atoms with Gasteiger partial charge in [-0.1, -0.05) is 0 Å². The molecule has 1 saturated heterocycles. The highest BCUT2D eigenvalue weighted by Crippen LogP contribution is 2.16. The topological polar surface area (TPSA) is 67.8 Å². The van der Waals surface area contributed by atoms with Crippen molar-refractivity contribution in [2.45, 2.75) is 70.6 Å². The third kappa shape index (κ3) is 6.20. The maximum absolute atomic E-state index is 11.4. The Bertz CT molecular complexity index is 290. The van der Waals surface area contributed by atoms with Gasteiger partial charge in [0, 0.05) is 25.9 Å². The molecule has 1 fully saturated rings. The first-order valence-electron chi connectivity index (χ1n) is 7.64. The number of rotatable bonds is 9. The Hall–Kier alpha value is -0.650. The largest absolute Gasteiger partial charge is 0.480 e. The van der Waals surface area contributed by atoms with Crippen LogP contribution >= 0.6 is 0 Å². The third-order valence-electron chi connectivity index (χ3n) is 3.67. The molecule has 118 valence electrons. The molecule has 1 rings (SSSR count). The highest BCUT2D eigenvalue weighted by molar-refractivity contribution is 5.78. The summed E-state index contributed by atoms with van der Waals surface area (Å²) in [6.45, 7) is 7.99. The Morgan fingerprint density at radius 1 is 1.40 bits per heavy atom. The average molecular weight is 287 g/mol. The van der Waals surface area contributed by atoms with Crippen LogP contribution in [0, 0.1) is 0 Å². The zero-order valence-corrected chi connectivity index (χ0v) is 13.0. The first-order valence-corrected chi connectivity index (χ1v) is 7.64. The molecule has 0 radical (unpaired) electrons. The van der Waals surface area contributed by atoms with Crippen molar-refractivity contribution in [1.82, 2.24) is 5.32 Å². The normalized spacial score (nSPS) is 20.0. The summed E-state index contributed by atoms with van der Waals surface area (Å²) < 4.78 is 11.1. The molecule has 1 aliphatic heterocycles. The van der Waals surface area contributed by atoms with Gasteiger partial charge in [-0.05, 0) is 52.9 Å². The number of carboxylic acids is 1. The molecular weight excluding hydrogens is 258 g/mol. The minimum Gasteiger partial charge on any atom is -0.480 e. The molecule has 20 heavy (non-hydrogen) atoms. The fraction of sp³-hybridized carbons (Fsp3) is 0.933. The van der Waals surface area contributed by atoms with E-state index in [0.29, 0.717) is 19.1 Å². The number of hydrogen-bond donors (Lipinski definition) is 2. The lowest BCUT2D eigenvalue weighted by atomic mass is 9.94. The van der Waals surface area contributed by atoms with E-state index in [9.17, 15) is 9.90 Å². The predicted molar refractivity (Wildman–Crippen MR) is 78.0 cm³/mol. The molecule has 5 heteroatoms.